The summed E-state index contributed by atoms with van der Waals surface area (Å²) in [7, 11) is 0. The van der Waals surface area contributed by atoms with E-state index in [1.807, 2.05) is 6.07 Å². The van der Waals surface area contributed by atoms with Gasteiger partial charge in [-0.1, -0.05) is 19.3 Å². The first-order valence-electron chi connectivity index (χ1n) is 11.2. The number of rotatable bonds is 5. The Bertz CT molecular complexity index is 795. The standard InChI is InChI=1S/C24H35N3O/c1-17(2)27-12-10-19(11-13-27)22-16-25-23-9-8-20(15-21(22)23)26-24(28)14-18-6-4-3-5-7-18/h8-9,15-19,25H,3-7,10-14H2,1-2H3,(H,26,28). The predicted molar refractivity (Wildman–Crippen MR) is 117 cm³/mol. The maximum Gasteiger partial charge on any atom is 0.224 e. The highest BCUT2D eigenvalue weighted by Crippen LogP contribution is 2.35. The Morgan fingerprint density at radius 1 is 1.14 bits per heavy atom. The van der Waals surface area contributed by atoms with Gasteiger partial charge in [0.2, 0.25) is 5.91 Å². The van der Waals surface area contributed by atoms with Gasteiger partial charge in [0.25, 0.3) is 0 Å². The number of aromatic amines is 1. The number of carbonyl (C=O) groups excluding carboxylic acids is 1. The summed E-state index contributed by atoms with van der Waals surface area (Å²) in [6.07, 6.45) is 11.6. The summed E-state index contributed by atoms with van der Waals surface area (Å²) >= 11 is 0. The topological polar surface area (TPSA) is 48.1 Å². The lowest BCUT2D eigenvalue weighted by atomic mass is 9.87. The van der Waals surface area contributed by atoms with Crippen molar-refractivity contribution in [3.8, 4) is 0 Å². The molecule has 2 fully saturated rings. The van der Waals surface area contributed by atoms with Crippen LogP contribution in [0, 0.1) is 5.92 Å². The van der Waals surface area contributed by atoms with Gasteiger partial charge < -0.3 is 15.2 Å². The lowest BCUT2D eigenvalue weighted by molar-refractivity contribution is -0.117. The molecule has 4 heteroatoms. The molecule has 2 aliphatic rings. The van der Waals surface area contributed by atoms with Gasteiger partial charge in [0.05, 0.1) is 0 Å². The van der Waals surface area contributed by atoms with E-state index in [2.05, 4.69) is 47.4 Å². The summed E-state index contributed by atoms with van der Waals surface area (Å²) in [5, 5.41) is 4.44. The molecule has 152 valence electrons. The van der Waals surface area contributed by atoms with Crippen LogP contribution in [-0.2, 0) is 4.79 Å². The third kappa shape index (κ3) is 4.43. The van der Waals surface area contributed by atoms with Crippen LogP contribution in [0.3, 0.4) is 0 Å². The zero-order valence-corrected chi connectivity index (χ0v) is 17.5. The summed E-state index contributed by atoms with van der Waals surface area (Å²) in [5.41, 5.74) is 3.53. The first-order chi connectivity index (χ1) is 13.6. The smallest absolute Gasteiger partial charge is 0.224 e. The van der Waals surface area contributed by atoms with Crippen LogP contribution < -0.4 is 5.32 Å². The average Bonchev–Trinajstić information content (AvgIpc) is 3.12. The van der Waals surface area contributed by atoms with Gasteiger partial charge in [0.15, 0.2) is 0 Å². The zero-order valence-electron chi connectivity index (χ0n) is 17.5. The van der Waals surface area contributed by atoms with E-state index in [0.717, 1.165) is 5.69 Å². The molecule has 1 saturated carbocycles. The molecule has 1 aromatic heterocycles. The lowest BCUT2D eigenvalue weighted by Gasteiger charge is -2.34. The number of aromatic nitrogens is 1. The number of H-pyrrole nitrogens is 1. The van der Waals surface area contributed by atoms with E-state index >= 15 is 0 Å². The van der Waals surface area contributed by atoms with E-state index in [4.69, 9.17) is 0 Å². The van der Waals surface area contributed by atoms with E-state index in [1.165, 1.54) is 74.5 Å². The van der Waals surface area contributed by atoms with E-state index in [0.29, 0.717) is 24.3 Å². The number of likely N-dealkylation sites (tertiary alicyclic amines) is 1. The highest BCUT2D eigenvalue weighted by atomic mass is 16.1. The fraction of sp³-hybridized carbons (Fsp3) is 0.625. The SMILES string of the molecule is CC(C)N1CCC(c2c[nH]c3ccc(NC(=O)CC4CCCCC4)cc23)CC1. The van der Waals surface area contributed by atoms with Crippen LogP contribution in [0.5, 0.6) is 0 Å². The molecule has 0 atom stereocenters. The second kappa shape index (κ2) is 8.69. The molecule has 1 aliphatic heterocycles. The number of hydrogen-bond donors (Lipinski definition) is 2. The maximum absolute atomic E-state index is 12.5. The maximum atomic E-state index is 12.5. The molecule has 1 aliphatic carbocycles. The largest absolute Gasteiger partial charge is 0.361 e. The Balaban J connectivity index is 1.43. The van der Waals surface area contributed by atoms with Gasteiger partial charge in [-0.25, -0.2) is 0 Å². The number of benzene rings is 1. The molecule has 0 bridgehead atoms. The van der Waals surface area contributed by atoms with Crippen molar-refractivity contribution in [2.45, 2.75) is 77.2 Å². The van der Waals surface area contributed by atoms with Crippen molar-refractivity contribution in [3.63, 3.8) is 0 Å². The van der Waals surface area contributed by atoms with Gasteiger partial charge in [-0.3, -0.25) is 4.79 Å². The van der Waals surface area contributed by atoms with Crippen molar-refractivity contribution >= 4 is 22.5 Å². The minimum atomic E-state index is 0.175. The molecule has 4 rings (SSSR count). The molecule has 4 nitrogen and oxygen atoms in total. The fourth-order valence-corrected chi connectivity index (χ4v) is 5.15. The first kappa shape index (κ1) is 19.5. The molecule has 1 aromatic carbocycles. The van der Waals surface area contributed by atoms with E-state index in [9.17, 15) is 4.79 Å². The molecule has 1 amide bonds. The van der Waals surface area contributed by atoms with Gasteiger partial charge in [-0.15, -0.1) is 0 Å². The highest BCUT2D eigenvalue weighted by Gasteiger charge is 2.24. The Morgan fingerprint density at radius 3 is 2.61 bits per heavy atom. The fourth-order valence-electron chi connectivity index (χ4n) is 5.15. The van der Waals surface area contributed by atoms with Crippen molar-refractivity contribution in [3.05, 3.63) is 30.0 Å². The summed E-state index contributed by atoms with van der Waals surface area (Å²) < 4.78 is 0. The molecule has 0 radical (unpaired) electrons. The van der Waals surface area contributed by atoms with E-state index in [-0.39, 0.29) is 5.91 Å². The first-order valence-corrected chi connectivity index (χ1v) is 11.2. The van der Waals surface area contributed by atoms with Crippen LogP contribution in [0.4, 0.5) is 5.69 Å². The van der Waals surface area contributed by atoms with Crippen molar-refractivity contribution < 1.29 is 4.79 Å². The second-order valence-corrected chi connectivity index (χ2v) is 9.16. The van der Waals surface area contributed by atoms with Crippen LogP contribution in [0.25, 0.3) is 10.9 Å². The van der Waals surface area contributed by atoms with Crippen molar-refractivity contribution in [2.24, 2.45) is 5.92 Å². The summed E-state index contributed by atoms with van der Waals surface area (Å²) in [5.74, 6) is 1.36. The molecule has 28 heavy (non-hydrogen) atoms. The Kier molecular flexibility index (Phi) is 6.05. The number of carbonyl (C=O) groups is 1. The summed E-state index contributed by atoms with van der Waals surface area (Å²) in [6, 6.07) is 6.95. The van der Waals surface area contributed by atoms with Gasteiger partial charge in [0.1, 0.15) is 0 Å². The second-order valence-electron chi connectivity index (χ2n) is 9.16. The van der Waals surface area contributed by atoms with Crippen molar-refractivity contribution in [1.82, 2.24) is 9.88 Å². The predicted octanol–water partition coefficient (Wildman–Crippen LogP) is 5.66. The minimum Gasteiger partial charge on any atom is -0.361 e. The number of fused-ring (bicyclic) bond motifs is 1. The average molecular weight is 382 g/mol. The number of nitrogens with zero attached hydrogens (tertiary/aromatic N) is 1. The van der Waals surface area contributed by atoms with Crippen molar-refractivity contribution in [2.75, 3.05) is 18.4 Å². The van der Waals surface area contributed by atoms with Gasteiger partial charge in [-0.2, -0.15) is 0 Å². The lowest BCUT2D eigenvalue weighted by Crippen LogP contribution is -2.37. The molecular weight excluding hydrogens is 346 g/mol. The third-order valence-corrected chi connectivity index (χ3v) is 6.90. The zero-order chi connectivity index (χ0) is 19.5. The molecule has 2 heterocycles. The number of nitrogens with one attached hydrogen (secondary N) is 2. The van der Waals surface area contributed by atoms with Crippen LogP contribution in [-0.4, -0.2) is 34.9 Å². The van der Waals surface area contributed by atoms with Gasteiger partial charge >= 0.3 is 0 Å². The number of anilines is 1. The molecule has 0 unspecified atom stereocenters. The number of hydrogen-bond acceptors (Lipinski definition) is 2. The molecule has 2 aromatic rings. The molecular formula is C24H35N3O. The monoisotopic (exact) mass is 381 g/mol. The third-order valence-electron chi connectivity index (χ3n) is 6.90. The van der Waals surface area contributed by atoms with E-state index < -0.39 is 0 Å². The Hall–Kier alpha value is -1.81. The van der Waals surface area contributed by atoms with Crippen LogP contribution in [0.2, 0.25) is 0 Å². The Labute approximate surface area is 169 Å². The van der Waals surface area contributed by atoms with Crippen LogP contribution in [0.1, 0.15) is 76.7 Å². The van der Waals surface area contributed by atoms with Crippen molar-refractivity contribution in [1.29, 1.82) is 0 Å². The van der Waals surface area contributed by atoms with E-state index in [1.54, 1.807) is 0 Å². The Morgan fingerprint density at radius 2 is 1.89 bits per heavy atom. The van der Waals surface area contributed by atoms with Gasteiger partial charge in [-0.05, 0) is 88.2 Å². The number of piperidine rings is 1. The highest BCUT2D eigenvalue weighted by molar-refractivity contribution is 5.94. The normalized spacial score (nSPS) is 20.1. The van der Waals surface area contributed by atoms with Gasteiger partial charge in [0, 0.05) is 35.2 Å². The molecule has 0 spiro atoms. The molecule has 1 saturated heterocycles. The summed E-state index contributed by atoms with van der Waals surface area (Å²) in [4.78, 5) is 18.5. The number of amides is 1. The van der Waals surface area contributed by atoms with Crippen LogP contribution >= 0.6 is 0 Å². The minimum absolute atomic E-state index is 0.175. The quantitative estimate of drug-likeness (QED) is 0.701. The summed E-state index contributed by atoms with van der Waals surface area (Å²) in [6.45, 7) is 6.92. The van der Waals surface area contributed by atoms with Crippen LogP contribution in [0.15, 0.2) is 24.4 Å². The molecule has 2 N–H and O–H groups in total.